The maximum atomic E-state index is 11.8. The van der Waals surface area contributed by atoms with Crippen LogP contribution in [0.25, 0.3) is 33.3 Å². The lowest BCUT2D eigenvalue weighted by atomic mass is 9.85. The van der Waals surface area contributed by atoms with Crippen molar-refractivity contribution in [3.63, 3.8) is 0 Å². The molecule has 2 aromatic carbocycles. The summed E-state index contributed by atoms with van der Waals surface area (Å²) in [5.41, 5.74) is 3.05. The number of H-pyrrole nitrogens is 1. The first-order chi connectivity index (χ1) is 13.3. The highest BCUT2D eigenvalue weighted by molar-refractivity contribution is 6.04. The molecule has 0 aliphatic heterocycles. The third-order valence-corrected chi connectivity index (χ3v) is 5.47. The van der Waals surface area contributed by atoms with Crippen LogP contribution in [0.1, 0.15) is 29.6 Å². The van der Waals surface area contributed by atoms with Crippen molar-refractivity contribution in [3.05, 3.63) is 54.1 Å². The Bertz CT molecular complexity index is 1140. The molecule has 5 nitrogen and oxygen atoms in total. The lowest BCUT2D eigenvalue weighted by Gasteiger charge is -2.25. The molecule has 2 N–H and O–H groups in total. The first-order valence-electron chi connectivity index (χ1n) is 9.40. The second-order valence-electron chi connectivity index (χ2n) is 7.17. The minimum atomic E-state index is 0.545. The van der Waals surface area contributed by atoms with Crippen LogP contribution < -0.4 is 5.32 Å². The Morgan fingerprint density at radius 2 is 1.81 bits per heavy atom. The van der Waals surface area contributed by atoms with Crippen molar-refractivity contribution >= 4 is 33.9 Å². The van der Waals surface area contributed by atoms with Gasteiger partial charge in [-0.15, -0.1) is 0 Å². The quantitative estimate of drug-likeness (QED) is 0.504. The summed E-state index contributed by atoms with van der Waals surface area (Å²) >= 11 is 0. The molecule has 4 aromatic rings. The number of carbonyl (C=O) groups is 1. The van der Waals surface area contributed by atoms with E-state index in [0.29, 0.717) is 17.1 Å². The molecule has 5 heteroatoms. The van der Waals surface area contributed by atoms with Crippen molar-refractivity contribution in [2.45, 2.75) is 19.3 Å². The van der Waals surface area contributed by atoms with Crippen LogP contribution >= 0.6 is 0 Å². The zero-order valence-electron chi connectivity index (χ0n) is 14.9. The first kappa shape index (κ1) is 16.0. The monoisotopic (exact) mass is 356 g/mol. The van der Waals surface area contributed by atoms with Gasteiger partial charge in [-0.1, -0.05) is 36.8 Å². The van der Waals surface area contributed by atoms with Gasteiger partial charge in [0, 0.05) is 22.8 Å². The topological polar surface area (TPSA) is 70.7 Å². The van der Waals surface area contributed by atoms with E-state index in [-0.39, 0.29) is 0 Å². The minimum absolute atomic E-state index is 0.545. The van der Waals surface area contributed by atoms with Crippen molar-refractivity contribution in [1.29, 1.82) is 0 Å². The fourth-order valence-electron chi connectivity index (χ4n) is 3.72. The largest absolute Gasteiger partial charge is 0.369 e. The van der Waals surface area contributed by atoms with Gasteiger partial charge in [-0.2, -0.15) is 0 Å². The average Bonchev–Trinajstić information content (AvgIpc) is 3.05. The molecule has 0 saturated heterocycles. The molecular formula is C22H20N4O. The van der Waals surface area contributed by atoms with Crippen molar-refractivity contribution in [3.8, 4) is 11.5 Å². The van der Waals surface area contributed by atoms with Crippen LogP contribution in [0.5, 0.6) is 0 Å². The van der Waals surface area contributed by atoms with Gasteiger partial charge in [-0.25, -0.2) is 9.97 Å². The molecule has 0 amide bonds. The molecule has 1 aliphatic rings. The minimum Gasteiger partial charge on any atom is -0.369 e. The number of rotatable bonds is 5. The van der Waals surface area contributed by atoms with Gasteiger partial charge in [-0.3, -0.25) is 4.79 Å². The zero-order valence-corrected chi connectivity index (χ0v) is 14.9. The summed E-state index contributed by atoms with van der Waals surface area (Å²) in [5, 5.41) is 5.41. The second-order valence-corrected chi connectivity index (χ2v) is 7.17. The summed E-state index contributed by atoms with van der Waals surface area (Å²) < 4.78 is 0. The van der Waals surface area contributed by atoms with Crippen molar-refractivity contribution in [2.75, 3.05) is 11.9 Å². The Kier molecular flexibility index (Phi) is 3.85. The van der Waals surface area contributed by atoms with Gasteiger partial charge in [0.2, 0.25) is 0 Å². The fourth-order valence-corrected chi connectivity index (χ4v) is 3.72. The number of nitrogens with one attached hydrogen (secondary N) is 2. The molecule has 0 bridgehead atoms. The highest BCUT2D eigenvalue weighted by Gasteiger charge is 2.19. The Hall–Kier alpha value is -3.21. The van der Waals surface area contributed by atoms with Crippen LogP contribution in [0.2, 0.25) is 0 Å². The number of hydrogen-bond acceptors (Lipinski definition) is 4. The molecule has 0 atom stereocenters. The Morgan fingerprint density at radius 3 is 2.59 bits per heavy atom. The van der Waals surface area contributed by atoms with Crippen LogP contribution in [0.4, 0.5) is 5.82 Å². The first-order valence-corrected chi connectivity index (χ1v) is 9.40. The summed E-state index contributed by atoms with van der Waals surface area (Å²) in [7, 11) is 0. The van der Waals surface area contributed by atoms with Gasteiger partial charge >= 0.3 is 0 Å². The summed E-state index contributed by atoms with van der Waals surface area (Å²) in [6.45, 7) is 0.924. The number of carbonyl (C=O) groups excluding carboxylic acids is 1. The number of aromatic nitrogens is 3. The van der Waals surface area contributed by atoms with Crippen LogP contribution in [0, 0.1) is 5.92 Å². The maximum absolute atomic E-state index is 11.8. The molecule has 0 unspecified atom stereocenters. The van der Waals surface area contributed by atoms with E-state index in [1.807, 2.05) is 48.5 Å². The molecule has 2 heterocycles. The zero-order chi connectivity index (χ0) is 18.2. The highest BCUT2D eigenvalue weighted by atomic mass is 16.1. The third-order valence-electron chi connectivity index (χ3n) is 5.47. The van der Waals surface area contributed by atoms with E-state index >= 15 is 0 Å². The molecular weight excluding hydrogens is 336 g/mol. The lowest BCUT2D eigenvalue weighted by Crippen LogP contribution is -2.21. The van der Waals surface area contributed by atoms with Crippen molar-refractivity contribution in [2.24, 2.45) is 5.92 Å². The molecule has 134 valence electrons. The standard InChI is InChI=1S/C22H20N4O/c27-13-17-15-8-1-3-10-18(15)24-20(17)22-25-19-11-4-2-9-16(19)21(26-22)23-12-14-6-5-7-14/h1-4,8-11,13-14,24H,5-7,12H2,(H,23,25,26). The van der Waals surface area contributed by atoms with E-state index in [2.05, 4.69) is 10.3 Å². The van der Waals surface area contributed by atoms with Gasteiger partial charge in [0.1, 0.15) is 5.82 Å². The lowest BCUT2D eigenvalue weighted by molar-refractivity contribution is 0.112. The predicted molar refractivity (Wildman–Crippen MR) is 108 cm³/mol. The van der Waals surface area contributed by atoms with E-state index in [9.17, 15) is 4.79 Å². The summed E-state index contributed by atoms with van der Waals surface area (Å²) in [5.74, 6) is 2.10. The molecule has 1 saturated carbocycles. The number of para-hydroxylation sites is 2. The van der Waals surface area contributed by atoms with Crippen LogP contribution in [-0.4, -0.2) is 27.8 Å². The van der Waals surface area contributed by atoms with E-state index < -0.39 is 0 Å². The van der Waals surface area contributed by atoms with Crippen LogP contribution in [0.15, 0.2) is 48.5 Å². The third kappa shape index (κ3) is 2.76. The number of hydrogen-bond donors (Lipinski definition) is 2. The normalized spacial score (nSPS) is 14.4. The highest BCUT2D eigenvalue weighted by Crippen LogP contribution is 2.31. The van der Waals surface area contributed by atoms with E-state index in [1.165, 1.54) is 19.3 Å². The molecule has 0 radical (unpaired) electrons. The van der Waals surface area contributed by atoms with Gasteiger partial charge in [0.05, 0.1) is 16.8 Å². The van der Waals surface area contributed by atoms with Gasteiger partial charge in [0.25, 0.3) is 0 Å². The maximum Gasteiger partial charge on any atom is 0.179 e. The summed E-state index contributed by atoms with van der Waals surface area (Å²) in [6, 6.07) is 15.8. The Balaban J connectivity index is 1.66. The molecule has 0 spiro atoms. The molecule has 1 aliphatic carbocycles. The predicted octanol–water partition coefficient (Wildman–Crippen LogP) is 4.80. The number of nitrogens with zero attached hydrogens (tertiary/aromatic N) is 2. The number of aldehydes is 1. The summed E-state index contributed by atoms with van der Waals surface area (Å²) in [6.07, 6.45) is 4.76. The summed E-state index contributed by atoms with van der Waals surface area (Å²) in [4.78, 5) is 24.6. The average molecular weight is 356 g/mol. The van der Waals surface area contributed by atoms with Crippen molar-refractivity contribution in [1.82, 2.24) is 15.0 Å². The van der Waals surface area contributed by atoms with Crippen LogP contribution in [-0.2, 0) is 0 Å². The van der Waals surface area contributed by atoms with Crippen LogP contribution in [0.3, 0.4) is 0 Å². The van der Waals surface area contributed by atoms with Gasteiger partial charge in [0.15, 0.2) is 12.1 Å². The van der Waals surface area contributed by atoms with E-state index in [4.69, 9.17) is 9.97 Å². The molecule has 27 heavy (non-hydrogen) atoms. The van der Waals surface area contributed by atoms with E-state index in [1.54, 1.807) is 0 Å². The number of anilines is 1. The smallest absolute Gasteiger partial charge is 0.179 e. The fraction of sp³-hybridized carbons (Fsp3) is 0.227. The Morgan fingerprint density at radius 1 is 1.04 bits per heavy atom. The number of aromatic amines is 1. The second kappa shape index (κ2) is 6.50. The number of fused-ring (bicyclic) bond motifs is 2. The van der Waals surface area contributed by atoms with E-state index in [0.717, 1.165) is 46.4 Å². The van der Waals surface area contributed by atoms with Gasteiger partial charge in [-0.05, 0) is 37.0 Å². The molecule has 1 fully saturated rings. The van der Waals surface area contributed by atoms with Gasteiger partial charge < -0.3 is 10.3 Å². The van der Waals surface area contributed by atoms with Crippen molar-refractivity contribution < 1.29 is 4.79 Å². The Labute approximate surface area is 156 Å². The molecule has 5 rings (SSSR count). The molecule has 2 aromatic heterocycles. The number of benzene rings is 2. The SMILES string of the molecule is O=Cc1c(-c2nc(NCC3CCC3)c3ccccc3n2)[nH]c2ccccc12.